The van der Waals surface area contributed by atoms with E-state index in [1.165, 1.54) is 11.2 Å². The summed E-state index contributed by atoms with van der Waals surface area (Å²) in [5.41, 5.74) is 1.46. The molecule has 1 aromatic carbocycles. The molecule has 0 aliphatic rings. The van der Waals surface area contributed by atoms with Crippen LogP contribution < -0.4 is 10.6 Å². The standard InChI is InChI=1S/C17H20N2O3S/c1-11(13-4-6-14(23-3)7-5-13)19-16(20)10-18-17(21)15-8-9-22-12(15)2/h4-9,11H,10H2,1-3H3,(H,18,21)(H,19,20). The largest absolute Gasteiger partial charge is 0.469 e. The van der Waals surface area contributed by atoms with Gasteiger partial charge in [0, 0.05) is 4.90 Å². The fourth-order valence-corrected chi connectivity index (χ4v) is 2.55. The van der Waals surface area contributed by atoms with Crippen molar-refractivity contribution >= 4 is 23.6 Å². The minimum atomic E-state index is -0.316. The van der Waals surface area contributed by atoms with Gasteiger partial charge in [0.2, 0.25) is 5.91 Å². The van der Waals surface area contributed by atoms with Gasteiger partial charge in [0.05, 0.1) is 24.4 Å². The van der Waals surface area contributed by atoms with Gasteiger partial charge in [-0.2, -0.15) is 0 Å². The SMILES string of the molecule is CSc1ccc(C(C)NC(=O)CNC(=O)c2ccoc2C)cc1. The van der Waals surface area contributed by atoms with Crippen LogP contribution in [0.15, 0.2) is 45.9 Å². The highest BCUT2D eigenvalue weighted by Gasteiger charge is 2.14. The highest BCUT2D eigenvalue weighted by atomic mass is 32.2. The molecule has 0 bridgehead atoms. The third kappa shape index (κ3) is 4.63. The first-order valence-corrected chi connectivity index (χ1v) is 8.49. The first-order chi connectivity index (χ1) is 11.0. The molecule has 6 heteroatoms. The van der Waals surface area contributed by atoms with Crippen LogP contribution in [-0.4, -0.2) is 24.6 Å². The van der Waals surface area contributed by atoms with Crippen molar-refractivity contribution in [3.63, 3.8) is 0 Å². The lowest BCUT2D eigenvalue weighted by molar-refractivity contribution is -0.120. The van der Waals surface area contributed by atoms with Crippen LogP contribution in [0, 0.1) is 6.92 Å². The molecule has 0 fully saturated rings. The van der Waals surface area contributed by atoms with Crippen molar-refractivity contribution in [3.8, 4) is 0 Å². The van der Waals surface area contributed by atoms with E-state index in [4.69, 9.17) is 4.42 Å². The van der Waals surface area contributed by atoms with Crippen molar-refractivity contribution in [1.29, 1.82) is 0 Å². The quantitative estimate of drug-likeness (QED) is 0.798. The predicted molar refractivity (Wildman–Crippen MR) is 90.6 cm³/mol. The molecular formula is C17H20N2O3S. The summed E-state index contributed by atoms with van der Waals surface area (Å²) in [6, 6.07) is 9.48. The van der Waals surface area contributed by atoms with Gasteiger partial charge in [0.25, 0.3) is 5.91 Å². The van der Waals surface area contributed by atoms with Crippen molar-refractivity contribution in [2.45, 2.75) is 24.8 Å². The van der Waals surface area contributed by atoms with Crippen LogP contribution in [0.25, 0.3) is 0 Å². The van der Waals surface area contributed by atoms with E-state index in [1.54, 1.807) is 24.8 Å². The van der Waals surface area contributed by atoms with Crippen LogP contribution in [0.5, 0.6) is 0 Å². The molecule has 122 valence electrons. The molecule has 0 radical (unpaired) electrons. The number of thioether (sulfide) groups is 1. The summed E-state index contributed by atoms with van der Waals surface area (Å²) < 4.78 is 5.07. The van der Waals surface area contributed by atoms with Crippen molar-refractivity contribution in [2.75, 3.05) is 12.8 Å². The summed E-state index contributed by atoms with van der Waals surface area (Å²) in [5, 5.41) is 5.45. The average Bonchev–Trinajstić information content (AvgIpc) is 2.98. The molecule has 0 spiro atoms. The molecule has 0 saturated carbocycles. The Bertz CT molecular complexity index is 679. The first-order valence-electron chi connectivity index (χ1n) is 7.27. The molecule has 1 unspecified atom stereocenters. The Morgan fingerprint density at radius 1 is 1.22 bits per heavy atom. The zero-order valence-electron chi connectivity index (χ0n) is 13.4. The highest BCUT2D eigenvalue weighted by Crippen LogP contribution is 2.18. The maximum Gasteiger partial charge on any atom is 0.255 e. The number of carbonyl (C=O) groups is 2. The van der Waals surface area contributed by atoms with E-state index in [9.17, 15) is 9.59 Å². The number of benzene rings is 1. The minimum absolute atomic E-state index is 0.0727. The van der Waals surface area contributed by atoms with Crippen LogP contribution in [0.4, 0.5) is 0 Å². The van der Waals surface area contributed by atoms with E-state index >= 15 is 0 Å². The van der Waals surface area contributed by atoms with Gasteiger partial charge in [-0.25, -0.2) is 0 Å². The molecule has 2 aromatic rings. The molecule has 1 heterocycles. The molecule has 1 aromatic heterocycles. The number of amides is 2. The number of furan rings is 1. The van der Waals surface area contributed by atoms with Crippen molar-refractivity contribution in [3.05, 3.63) is 53.5 Å². The Kier molecular flexibility index (Phi) is 5.87. The minimum Gasteiger partial charge on any atom is -0.469 e. The van der Waals surface area contributed by atoms with Crippen molar-refractivity contribution < 1.29 is 14.0 Å². The van der Waals surface area contributed by atoms with Crippen LogP contribution in [0.2, 0.25) is 0 Å². The van der Waals surface area contributed by atoms with Crippen molar-refractivity contribution in [2.24, 2.45) is 0 Å². The fraction of sp³-hybridized carbons (Fsp3) is 0.294. The summed E-state index contributed by atoms with van der Waals surface area (Å²) >= 11 is 1.67. The van der Waals surface area contributed by atoms with E-state index in [-0.39, 0.29) is 24.4 Å². The second-order valence-corrected chi connectivity index (χ2v) is 6.02. The van der Waals surface area contributed by atoms with Gasteiger partial charge in [0.1, 0.15) is 5.76 Å². The highest BCUT2D eigenvalue weighted by molar-refractivity contribution is 7.98. The van der Waals surface area contributed by atoms with Crippen LogP contribution in [-0.2, 0) is 4.79 Å². The van der Waals surface area contributed by atoms with E-state index < -0.39 is 0 Å². The number of hydrogen-bond acceptors (Lipinski definition) is 4. The predicted octanol–water partition coefficient (Wildman–Crippen LogP) is 2.92. The Labute approximate surface area is 139 Å². The van der Waals surface area contributed by atoms with E-state index in [0.717, 1.165) is 5.56 Å². The maximum atomic E-state index is 12.0. The second kappa shape index (κ2) is 7.87. The third-order valence-electron chi connectivity index (χ3n) is 3.51. The van der Waals surface area contributed by atoms with Gasteiger partial charge >= 0.3 is 0 Å². The number of hydrogen-bond donors (Lipinski definition) is 2. The van der Waals surface area contributed by atoms with E-state index in [1.807, 2.05) is 37.4 Å². The zero-order chi connectivity index (χ0) is 16.8. The molecule has 0 aliphatic heterocycles. The summed E-state index contributed by atoms with van der Waals surface area (Å²) in [6.07, 6.45) is 3.47. The second-order valence-electron chi connectivity index (χ2n) is 5.14. The summed E-state index contributed by atoms with van der Waals surface area (Å²) in [7, 11) is 0. The Morgan fingerprint density at radius 3 is 2.48 bits per heavy atom. The van der Waals surface area contributed by atoms with Gasteiger partial charge in [-0.05, 0) is 43.9 Å². The number of aryl methyl sites for hydroxylation is 1. The Morgan fingerprint density at radius 2 is 1.91 bits per heavy atom. The summed E-state index contributed by atoms with van der Waals surface area (Å²) in [5.74, 6) is -0.0190. The van der Waals surface area contributed by atoms with Gasteiger partial charge in [-0.1, -0.05) is 12.1 Å². The van der Waals surface area contributed by atoms with Crippen LogP contribution in [0.1, 0.15) is 34.6 Å². The molecule has 1 atom stereocenters. The Balaban J connectivity index is 1.84. The normalized spacial score (nSPS) is 11.8. The van der Waals surface area contributed by atoms with Crippen molar-refractivity contribution in [1.82, 2.24) is 10.6 Å². The topological polar surface area (TPSA) is 71.3 Å². The zero-order valence-corrected chi connectivity index (χ0v) is 14.2. The number of rotatable bonds is 6. The molecule has 23 heavy (non-hydrogen) atoms. The molecule has 5 nitrogen and oxygen atoms in total. The molecular weight excluding hydrogens is 312 g/mol. The lowest BCUT2D eigenvalue weighted by Gasteiger charge is -2.15. The molecule has 0 saturated heterocycles. The van der Waals surface area contributed by atoms with Gasteiger partial charge in [-0.3, -0.25) is 9.59 Å². The lowest BCUT2D eigenvalue weighted by atomic mass is 10.1. The average molecular weight is 332 g/mol. The smallest absolute Gasteiger partial charge is 0.255 e. The number of nitrogens with one attached hydrogen (secondary N) is 2. The van der Waals surface area contributed by atoms with Crippen LogP contribution in [0.3, 0.4) is 0 Å². The third-order valence-corrected chi connectivity index (χ3v) is 4.25. The van der Waals surface area contributed by atoms with E-state index in [0.29, 0.717) is 11.3 Å². The van der Waals surface area contributed by atoms with Gasteiger partial charge in [0.15, 0.2) is 0 Å². The Hall–Kier alpha value is -2.21. The fourth-order valence-electron chi connectivity index (χ4n) is 2.14. The lowest BCUT2D eigenvalue weighted by Crippen LogP contribution is -2.38. The summed E-state index contributed by atoms with van der Waals surface area (Å²) in [4.78, 5) is 25.0. The molecule has 0 aliphatic carbocycles. The number of carbonyl (C=O) groups excluding carboxylic acids is 2. The van der Waals surface area contributed by atoms with Gasteiger partial charge in [-0.15, -0.1) is 11.8 Å². The first kappa shape index (κ1) is 17.1. The van der Waals surface area contributed by atoms with E-state index in [2.05, 4.69) is 10.6 Å². The summed E-state index contributed by atoms with van der Waals surface area (Å²) in [6.45, 7) is 3.54. The van der Waals surface area contributed by atoms with Gasteiger partial charge < -0.3 is 15.1 Å². The van der Waals surface area contributed by atoms with Crippen LogP contribution >= 0.6 is 11.8 Å². The molecule has 2 amide bonds. The molecule has 2 N–H and O–H groups in total. The molecule has 2 rings (SSSR count). The maximum absolute atomic E-state index is 12.0. The monoisotopic (exact) mass is 332 g/mol.